The largest absolute Gasteiger partial charge is 0.471 e. The Kier molecular flexibility index (Phi) is 20.0. The molecule has 0 saturated carbocycles. The zero-order chi connectivity index (χ0) is 50.9. The molecule has 380 valence electrons. The van der Waals surface area contributed by atoms with Gasteiger partial charge in [-0.2, -0.15) is 13.2 Å². The van der Waals surface area contributed by atoms with Gasteiger partial charge >= 0.3 is 33.0 Å². The molecule has 1 aliphatic heterocycles. The first-order chi connectivity index (χ1) is 34.0. The summed E-state index contributed by atoms with van der Waals surface area (Å²) in [5.74, 6) is -3.92. The average molecular weight is 1040 g/mol. The van der Waals surface area contributed by atoms with Crippen molar-refractivity contribution in [3.63, 3.8) is 0 Å². The Morgan fingerprint density at radius 3 is 1.61 bits per heavy atom. The van der Waals surface area contributed by atoms with E-state index in [1.807, 2.05) is 0 Å². The lowest BCUT2D eigenvalue weighted by molar-refractivity contribution is -0.173. The fourth-order valence-electron chi connectivity index (χ4n) is 7.35. The van der Waals surface area contributed by atoms with E-state index >= 15 is 13.7 Å². The van der Waals surface area contributed by atoms with Crippen molar-refractivity contribution < 1.29 is 59.0 Å². The number of aryl methyl sites for hydroxylation is 1. The highest BCUT2D eigenvalue weighted by molar-refractivity contribution is 7.80. The minimum atomic E-state index is -5.02. The van der Waals surface area contributed by atoms with Gasteiger partial charge in [-0.05, 0) is 54.0 Å². The third-order valence-corrected chi connectivity index (χ3v) is 19.9. The number of azide groups is 1. The van der Waals surface area contributed by atoms with Gasteiger partial charge in [-0.15, -0.1) is 0 Å². The summed E-state index contributed by atoms with van der Waals surface area (Å²) >= 11 is 0. The van der Waals surface area contributed by atoms with Crippen LogP contribution in [0.25, 0.3) is 10.4 Å². The van der Waals surface area contributed by atoms with Gasteiger partial charge in [0.1, 0.15) is 18.0 Å². The van der Waals surface area contributed by atoms with Crippen LogP contribution in [0.15, 0.2) is 142 Å². The molecule has 4 aromatic carbocycles. The Morgan fingerprint density at radius 2 is 1.18 bits per heavy atom. The lowest BCUT2D eigenvalue weighted by atomic mass is 10.1. The van der Waals surface area contributed by atoms with Gasteiger partial charge in [0, 0.05) is 36.2 Å². The summed E-state index contributed by atoms with van der Waals surface area (Å²) in [4.78, 5) is 41.1. The van der Waals surface area contributed by atoms with Gasteiger partial charge < -0.3 is 32.7 Å². The number of ether oxygens (including phenoxy) is 1. The maximum absolute atomic E-state index is 15.7. The number of unbranched alkanes of at least 4 members (excludes halogenated alkanes) is 2. The Hall–Kier alpha value is -5.42. The van der Waals surface area contributed by atoms with Crippen LogP contribution in [0, 0.1) is 6.92 Å². The molecule has 3 atom stereocenters. The molecule has 1 saturated heterocycles. The zero-order valence-electron chi connectivity index (χ0n) is 38.7. The number of carbonyl (C=O) groups excluding carboxylic acids is 1. The second-order valence-corrected chi connectivity index (χ2v) is 24.2. The number of amides is 1. The standard InChI is InChI=1S/C47H54F3N6O12P3/c1-36-28-56(46(59)55(44(36)57)26-16-6-15-25-52-45(58)47(48,49)50)43-27-41(53-54-51)42(68-43)33-63-69(60,34-70(61,64-29-37-17-7-2-8-18-37)65-30-38-19-9-3-10-20-38)35-71(62,66-31-39-21-11-4-12-22-39)67-32-40-23-13-5-14-24-40/h2-5,7-14,17-24,28,41-43H,6,15-16,25-27,29-35H2,1H3,(H,52,58)/t41-,42+,43+/m0/s1. The third-order valence-electron chi connectivity index (χ3n) is 11.0. The molecule has 1 N–H and O–H groups in total. The number of alkyl halides is 3. The number of aromatic nitrogens is 2. The topological polar surface area (TPSA) is 228 Å². The van der Waals surface area contributed by atoms with E-state index in [-0.39, 0.29) is 70.8 Å². The molecule has 0 spiro atoms. The van der Waals surface area contributed by atoms with Gasteiger partial charge in [0.2, 0.25) is 7.37 Å². The molecule has 1 aliphatic rings. The molecule has 71 heavy (non-hydrogen) atoms. The van der Waals surface area contributed by atoms with Crippen molar-refractivity contribution in [3.8, 4) is 0 Å². The molecular weight excluding hydrogens is 990 g/mol. The van der Waals surface area contributed by atoms with Crippen LogP contribution < -0.4 is 16.6 Å². The van der Waals surface area contributed by atoms with Crippen LogP contribution in [0.5, 0.6) is 0 Å². The number of halogens is 3. The summed E-state index contributed by atoms with van der Waals surface area (Å²) in [5, 5.41) is 5.65. The monoisotopic (exact) mass is 1040 g/mol. The summed E-state index contributed by atoms with van der Waals surface area (Å²) < 4.78 is 122. The minimum Gasteiger partial charge on any atom is -0.352 e. The SMILES string of the molecule is Cc1cn([C@H]2C[C@H](N=[N+]=[N-])[C@@H](COP(=O)(CP(=O)(OCc3ccccc3)OCc3ccccc3)CP(=O)(OCc3ccccc3)OCc3ccccc3)O2)c(=O)n(CCCCCNC(=O)C(F)(F)F)c1=O. The Bertz CT molecular complexity index is 2630. The van der Waals surface area contributed by atoms with Crippen LogP contribution in [0.3, 0.4) is 0 Å². The van der Waals surface area contributed by atoms with Gasteiger partial charge in [0.05, 0.1) is 45.2 Å². The van der Waals surface area contributed by atoms with Crippen LogP contribution in [0.4, 0.5) is 13.2 Å². The first kappa shape index (κ1) is 54.9. The summed E-state index contributed by atoms with van der Waals surface area (Å²) in [6.45, 7) is -0.489. The Labute approximate surface area is 407 Å². The van der Waals surface area contributed by atoms with E-state index in [2.05, 4.69) is 10.0 Å². The first-order valence-corrected chi connectivity index (χ1v) is 27.9. The number of nitrogens with zero attached hydrogens (tertiary/aromatic N) is 5. The summed E-state index contributed by atoms with van der Waals surface area (Å²) in [7, 11) is -13.6. The van der Waals surface area contributed by atoms with Gasteiger partial charge in [-0.1, -0.05) is 126 Å². The van der Waals surface area contributed by atoms with E-state index in [1.165, 1.54) is 13.1 Å². The highest BCUT2D eigenvalue weighted by atomic mass is 31.3. The highest BCUT2D eigenvalue weighted by Crippen LogP contribution is 2.71. The minimum absolute atomic E-state index is 0.119. The second-order valence-electron chi connectivity index (χ2n) is 16.6. The number of hydrogen-bond donors (Lipinski definition) is 1. The van der Waals surface area contributed by atoms with Crippen molar-refractivity contribution >= 4 is 28.5 Å². The van der Waals surface area contributed by atoms with Crippen LogP contribution in [0.1, 0.15) is 59.7 Å². The molecule has 24 heteroatoms. The van der Waals surface area contributed by atoms with Crippen molar-refractivity contribution in [1.29, 1.82) is 0 Å². The van der Waals surface area contributed by atoms with E-state index in [0.717, 1.165) is 9.13 Å². The Morgan fingerprint density at radius 1 is 0.732 bits per heavy atom. The van der Waals surface area contributed by atoms with E-state index < -0.39 is 82.7 Å². The predicted octanol–water partition coefficient (Wildman–Crippen LogP) is 10.6. The fraction of sp³-hybridized carbons (Fsp3) is 0.383. The van der Waals surface area contributed by atoms with E-state index in [1.54, 1.807) is 127 Å². The predicted molar refractivity (Wildman–Crippen MR) is 258 cm³/mol. The fourth-order valence-corrected chi connectivity index (χ4v) is 16.6. The molecule has 0 bridgehead atoms. The molecule has 1 aromatic heterocycles. The zero-order valence-corrected chi connectivity index (χ0v) is 41.3. The third kappa shape index (κ3) is 16.8. The van der Waals surface area contributed by atoms with Crippen molar-refractivity contribution in [1.82, 2.24) is 14.5 Å². The quantitative estimate of drug-likeness (QED) is 0.0170. The normalized spacial score (nSPS) is 16.4. The highest BCUT2D eigenvalue weighted by Gasteiger charge is 2.46. The van der Waals surface area contributed by atoms with Crippen LogP contribution in [-0.4, -0.2) is 58.3 Å². The van der Waals surface area contributed by atoms with E-state index in [0.29, 0.717) is 22.3 Å². The molecule has 2 heterocycles. The molecule has 0 aliphatic carbocycles. The number of carbonyl (C=O) groups is 1. The average Bonchev–Trinajstić information content (AvgIpc) is 3.77. The summed E-state index contributed by atoms with van der Waals surface area (Å²) in [6.07, 6.45) is -5.68. The number of hydrogen-bond acceptors (Lipinski definition) is 13. The molecule has 0 radical (unpaired) electrons. The van der Waals surface area contributed by atoms with E-state index in [4.69, 9.17) is 27.4 Å². The second kappa shape index (κ2) is 25.8. The van der Waals surface area contributed by atoms with Crippen molar-refractivity contribution in [3.05, 3.63) is 187 Å². The first-order valence-electron chi connectivity index (χ1n) is 22.5. The molecule has 1 fully saturated rings. The molecule has 5 aromatic rings. The van der Waals surface area contributed by atoms with Crippen molar-refractivity contribution in [2.24, 2.45) is 5.11 Å². The molecule has 18 nitrogen and oxygen atoms in total. The van der Waals surface area contributed by atoms with E-state index in [9.17, 15) is 33.1 Å². The van der Waals surface area contributed by atoms with Crippen LogP contribution >= 0.6 is 22.6 Å². The molecule has 0 unspecified atom stereocenters. The van der Waals surface area contributed by atoms with Gasteiger partial charge in [0.15, 0.2) is 0 Å². The molecular formula is C47H54F3N6O12P3. The maximum atomic E-state index is 15.7. The molecule has 6 rings (SSSR count). The molecule has 1 amide bonds. The van der Waals surface area contributed by atoms with Crippen molar-refractivity contribution in [2.75, 3.05) is 25.0 Å². The summed E-state index contributed by atoms with van der Waals surface area (Å²) in [5.41, 5.74) is 10.8. The van der Waals surface area contributed by atoms with Gasteiger partial charge in [0.25, 0.3) is 5.56 Å². The summed E-state index contributed by atoms with van der Waals surface area (Å²) in [6, 6.07) is 34.0. The van der Waals surface area contributed by atoms with Crippen LogP contribution in [0.2, 0.25) is 0 Å². The Balaban J connectivity index is 1.28. The lowest BCUT2D eigenvalue weighted by Crippen LogP contribution is -2.42. The van der Waals surface area contributed by atoms with Gasteiger partial charge in [-0.25, -0.2) is 4.79 Å². The van der Waals surface area contributed by atoms with Crippen molar-refractivity contribution in [2.45, 2.75) is 90.1 Å². The number of rotatable bonds is 27. The van der Waals surface area contributed by atoms with Gasteiger partial charge in [-0.3, -0.25) is 32.4 Å². The maximum Gasteiger partial charge on any atom is 0.471 e. The lowest BCUT2D eigenvalue weighted by Gasteiger charge is -2.28. The number of nitrogens with one attached hydrogen (secondary N) is 1. The van der Waals surface area contributed by atoms with Crippen LogP contribution in [-0.2, 0) is 78.8 Å². The smallest absolute Gasteiger partial charge is 0.352 e. The number of benzene rings is 4.